The van der Waals surface area contributed by atoms with Gasteiger partial charge in [-0.3, -0.25) is 4.90 Å². The Kier molecular flexibility index (Phi) is 3.21. The van der Waals surface area contributed by atoms with E-state index >= 15 is 0 Å². The summed E-state index contributed by atoms with van der Waals surface area (Å²) in [5.41, 5.74) is 1.42. The van der Waals surface area contributed by atoms with Crippen molar-refractivity contribution in [2.45, 2.75) is 32.4 Å². The Bertz CT molecular complexity index is 289. The van der Waals surface area contributed by atoms with E-state index < -0.39 is 0 Å². The van der Waals surface area contributed by atoms with E-state index in [4.69, 9.17) is 0 Å². The van der Waals surface area contributed by atoms with Crippen molar-refractivity contribution in [1.29, 1.82) is 0 Å². The van der Waals surface area contributed by atoms with Crippen LogP contribution in [-0.4, -0.2) is 29.2 Å². The summed E-state index contributed by atoms with van der Waals surface area (Å²) >= 11 is 1.82. The molecule has 1 saturated heterocycles. The van der Waals surface area contributed by atoms with Crippen LogP contribution in [0.4, 0.5) is 0 Å². The molecule has 0 bridgehead atoms. The summed E-state index contributed by atoms with van der Waals surface area (Å²) in [5, 5.41) is 11.6. The second-order valence-corrected chi connectivity index (χ2v) is 5.19. The molecule has 1 N–H and O–H groups in total. The molecule has 14 heavy (non-hydrogen) atoms. The van der Waals surface area contributed by atoms with Crippen LogP contribution in [0.15, 0.2) is 11.4 Å². The fourth-order valence-corrected chi connectivity index (χ4v) is 2.62. The Balaban J connectivity index is 1.86. The smallest absolute Gasteiger partial charge is 0.0564 e. The third-order valence-corrected chi connectivity index (χ3v) is 3.66. The van der Waals surface area contributed by atoms with Gasteiger partial charge in [0.1, 0.15) is 0 Å². The van der Waals surface area contributed by atoms with Gasteiger partial charge in [-0.05, 0) is 36.8 Å². The zero-order chi connectivity index (χ0) is 9.97. The van der Waals surface area contributed by atoms with E-state index in [2.05, 4.69) is 23.3 Å². The monoisotopic (exact) mass is 211 g/mol. The Morgan fingerprint density at radius 1 is 1.50 bits per heavy atom. The number of hydrogen-bond acceptors (Lipinski definition) is 3. The minimum atomic E-state index is -0.0598. The number of aliphatic hydroxyl groups is 1. The third kappa shape index (κ3) is 2.56. The minimum absolute atomic E-state index is 0.0598. The quantitative estimate of drug-likeness (QED) is 0.809. The van der Waals surface area contributed by atoms with E-state index in [0.29, 0.717) is 0 Å². The predicted octanol–water partition coefficient (Wildman–Crippen LogP) is 2.01. The van der Waals surface area contributed by atoms with E-state index in [9.17, 15) is 5.11 Å². The molecule has 1 aromatic heterocycles. The Hall–Kier alpha value is -0.380. The highest BCUT2D eigenvalue weighted by atomic mass is 32.1. The summed E-state index contributed by atoms with van der Waals surface area (Å²) in [5.74, 6) is 0. The summed E-state index contributed by atoms with van der Waals surface area (Å²) in [7, 11) is 0. The molecular weight excluding hydrogens is 194 g/mol. The molecule has 78 valence electrons. The normalized spacial score (nSPS) is 20.1. The topological polar surface area (TPSA) is 23.5 Å². The van der Waals surface area contributed by atoms with E-state index in [1.807, 2.05) is 11.3 Å². The zero-order valence-corrected chi connectivity index (χ0v) is 9.39. The van der Waals surface area contributed by atoms with Crippen LogP contribution < -0.4 is 0 Å². The molecule has 0 aromatic carbocycles. The lowest BCUT2D eigenvalue weighted by Gasteiger charge is -2.29. The first-order chi connectivity index (χ1) is 6.74. The van der Waals surface area contributed by atoms with Crippen LogP contribution in [0.25, 0.3) is 0 Å². The van der Waals surface area contributed by atoms with Crippen molar-refractivity contribution in [2.75, 3.05) is 13.1 Å². The van der Waals surface area contributed by atoms with Gasteiger partial charge in [0.25, 0.3) is 0 Å². The molecule has 1 fully saturated rings. The number of rotatable bonds is 2. The van der Waals surface area contributed by atoms with Crippen molar-refractivity contribution in [3.63, 3.8) is 0 Å². The molecule has 0 radical (unpaired) electrons. The largest absolute Gasteiger partial charge is 0.393 e. The summed E-state index contributed by atoms with van der Waals surface area (Å²) in [6.45, 7) is 5.28. The van der Waals surface area contributed by atoms with Crippen LogP contribution in [0, 0.1) is 6.92 Å². The Morgan fingerprint density at radius 2 is 2.21 bits per heavy atom. The van der Waals surface area contributed by atoms with Gasteiger partial charge in [-0.1, -0.05) is 0 Å². The van der Waals surface area contributed by atoms with Crippen LogP contribution in [0.1, 0.15) is 23.3 Å². The van der Waals surface area contributed by atoms with Crippen LogP contribution >= 0.6 is 11.3 Å². The SMILES string of the molecule is Cc1cc(CN2CCC(O)CC2)cs1. The van der Waals surface area contributed by atoms with Crippen molar-refractivity contribution in [3.05, 3.63) is 21.9 Å². The number of hydrogen-bond donors (Lipinski definition) is 1. The number of aryl methyl sites for hydroxylation is 1. The highest BCUT2D eigenvalue weighted by Gasteiger charge is 2.16. The van der Waals surface area contributed by atoms with E-state index in [-0.39, 0.29) is 6.10 Å². The maximum Gasteiger partial charge on any atom is 0.0564 e. The second-order valence-electron chi connectivity index (χ2n) is 4.07. The summed E-state index contributed by atoms with van der Waals surface area (Å²) in [4.78, 5) is 3.81. The Labute approximate surface area is 89.2 Å². The summed E-state index contributed by atoms with van der Waals surface area (Å²) in [6, 6.07) is 2.26. The maximum absolute atomic E-state index is 9.37. The van der Waals surface area contributed by atoms with Gasteiger partial charge in [-0.2, -0.15) is 0 Å². The number of piperidine rings is 1. The number of aliphatic hydroxyl groups excluding tert-OH is 1. The summed E-state index contributed by atoms with van der Waals surface area (Å²) in [6.07, 6.45) is 1.81. The molecule has 3 heteroatoms. The van der Waals surface area contributed by atoms with Gasteiger partial charge >= 0.3 is 0 Å². The minimum Gasteiger partial charge on any atom is -0.393 e. The van der Waals surface area contributed by atoms with Gasteiger partial charge in [0.05, 0.1) is 6.10 Å². The van der Waals surface area contributed by atoms with Crippen molar-refractivity contribution in [2.24, 2.45) is 0 Å². The van der Waals surface area contributed by atoms with Crippen LogP contribution in [0.3, 0.4) is 0 Å². The zero-order valence-electron chi connectivity index (χ0n) is 8.57. The van der Waals surface area contributed by atoms with Gasteiger partial charge in [0, 0.05) is 24.5 Å². The molecule has 0 unspecified atom stereocenters. The molecule has 0 atom stereocenters. The molecule has 1 aromatic rings. The molecule has 0 saturated carbocycles. The highest BCUT2D eigenvalue weighted by molar-refractivity contribution is 7.10. The van der Waals surface area contributed by atoms with E-state index in [0.717, 1.165) is 32.5 Å². The molecule has 0 aliphatic carbocycles. The molecule has 2 heterocycles. The van der Waals surface area contributed by atoms with Crippen molar-refractivity contribution in [1.82, 2.24) is 4.90 Å². The van der Waals surface area contributed by atoms with Crippen molar-refractivity contribution >= 4 is 11.3 Å². The average Bonchev–Trinajstić information content (AvgIpc) is 2.56. The van der Waals surface area contributed by atoms with Crippen LogP contribution in [0.5, 0.6) is 0 Å². The molecular formula is C11H17NOS. The van der Waals surface area contributed by atoms with Gasteiger partial charge in [-0.25, -0.2) is 0 Å². The number of nitrogens with zero attached hydrogens (tertiary/aromatic N) is 1. The first kappa shape index (κ1) is 10.1. The highest BCUT2D eigenvalue weighted by Crippen LogP contribution is 2.17. The molecule has 1 aliphatic heterocycles. The molecule has 0 amide bonds. The van der Waals surface area contributed by atoms with Gasteiger partial charge in [0.15, 0.2) is 0 Å². The maximum atomic E-state index is 9.37. The van der Waals surface area contributed by atoms with E-state index in [1.165, 1.54) is 10.4 Å². The average molecular weight is 211 g/mol. The lowest BCUT2D eigenvalue weighted by molar-refractivity contribution is 0.0793. The van der Waals surface area contributed by atoms with Crippen molar-refractivity contribution < 1.29 is 5.11 Å². The Morgan fingerprint density at radius 3 is 2.79 bits per heavy atom. The van der Waals surface area contributed by atoms with Crippen molar-refractivity contribution in [3.8, 4) is 0 Å². The van der Waals surface area contributed by atoms with E-state index in [1.54, 1.807) is 0 Å². The predicted molar refractivity (Wildman–Crippen MR) is 59.6 cm³/mol. The third-order valence-electron chi connectivity index (χ3n) is 2.75. The second kappa shape index (κ2) is 4.43. The van der Waals surface area contributed by atoms with Gasteiger partial charge in [-0.15, -0.1) is 11.3 Å². The van der Waals surface area contributed by atoms with Crippen LogP contribution in [-0.2, 0) is 6.54 Å². The number of likely N-dealkylation sites (tertiary alicyclic amines) is 1. The standard InChI is InChI=1S/C11H17NOS/c1-9-6-10(8-14-9)7-12-4-2-11(13)3-5-12/h6,8,11,13H,2-5,7H2,1H3. The first-order valence-corrected chi connectivity index (χ1v) is 6.06. The van der Waals surface area contributed by atoms with Gasteiger partial charge < -0.3 is 5.11 Å². The lowest BCUT2D eigenvalue weighted by Crippen LogP contribution is -2.35. The van der Waals surface area contributed by atoms with Gasteiger partial charge in [0.2, 0.25) is 0 Å². The van der Waals surface area contributed by atoms with Crippen LogP contribution in [0.2, 0.25) is 0 Å². The molecule has 1 aliphatic rings. The molecule has 2 rings (SSSR count). The molecule has 2 nitrogen and oxygen atoms in total. The fourth-order valence-electron chi connectivity index (χ4n) is 1.92. The fraction of sp³-hybridized carbons (Fsp3) is 0.636. The lowest BCUT2D eigenvalue weighted by atomic mass is 10.1. The number of thiophene rings is 1. The first-order valence-electron chi connectivity index (χ1n) is 5.18. The molecule has 0 spiro atoms. The summed E-state index contributed by atoms with van der Waals surface area (Å²) < 4.78 is 0.